The van der Waals surface area contributed by atoms with Crippen molar-refractivity contribution in [1.29, 1.82) is 0 Å². The van der Waals surface area contributed by atoms with Gasteiger partial charge in [0.25, 0.3) is 0 Å². The highest BCUT2D eigenvalue weighted by molar-refractivity contribution is 6.03. The van der Waals surface area contributed by atoms with Gasteiger partial charge in [0.1, 0.15) is 0 Å². The SMILES string of the molecule is CC1Cc2cc(C(C)C)cc(C(C)C)c2C1=O. The minimum Gasteiger partial charge on any atom is -0.294 e. The summed E-state index contributed by atoms with van der Waals surface area (Å²) in [7, 11) is 0. The molecular formula is C16H22O. The highest BCUT2D eigenvalue weighted by atomic mass is 16.1. The lowest BCUT2D eigenvalue weighted by Crippen LogP contribution is -2.07. The smallest absolute Gasteiger partial charge is 0.166 e. The minimum absolute atomic E-state index is 0.171. The van der Waals surface area contributed by atoms with E-state index in [0.29, 0.717) is 17.6 Å². The van der Waals surface area contributed by atoms with E-state index in [-0.39, 0.29) is 5.92 Å². The van der Waals surface area contributed by atoms with Gasteiger partial charge >= 0.3 is 0 Å². The third-order valence-electron chi connectivity index (χ3n) is 3.78. The average Bonchev–Trinajstić information content (AvgIpc) is 2.53. The van der Waals surface area contributed by atoms with Crippen molar-refractivity contribution in [3.63, 3.8) is 0 Å². The molecule has 2 rings (SSSR count). The molecule has 92 valence electrons. The number of benzene rings is 1. The summed E-state index contributed by atoms with van der Waals surface area (Å²) in [6.45, 7) is 10.8. The van der Waals surface area contributed by atoms with E-state index in [1.165, 1.54) is 16.7 Å². The molecule has 1 atom stereocenters. The van der Waals surface area contributed by atoms with Crippen molar-refractivity contribution >= 4 is 5.78 Å². The summed E-state index contributed by atoms with van der Waals surface area (Å²) < 4.78 is 0. The van der Waals surface area contributed by atoms with Crippen molar-refractivity contribution in [2.45, 2.75) is 52.9 Å². The van der Waals surface area contributed by atoms with Crippen LogP contribution in [0, 0.1) is 5.92 Å². The number of carbonyl (C=O) groups excluding carboxylic acids is 1. The Morgan fingerprint density at radius 1 is 1.12 bits per heavy atom. The van der Waals surface area contributed by atoms with Gasteiger partial charge in [-0.3, -0.25) is 4.79 Å². The molecule has 0 spiro atoms. The molecule has 0 amide bonds. The number of Topliss-reactive ketones (excluding diaryl/α,β-unsaturated/α-hetero) is 1. The molecule has 1 nitrogen and oxygen atoms in total. The maximum Gasteiger partial charge on any atom is 0.166 e. The van der Waals surface area contributed by atoms with Crippen LogP contribution in [0.5, 0.6) is 0 Å². The minimum atomic E-state index is 0.171. The average molecular weight is 230 g/mol. The monoisotopic (exact) mass is 230 g/mol. The zero-order chi connectivity index (χ0) is 12.7. The Labute approximate surface area is 104 Å². The van der Waals surface area contributed by atoms with Crippen LogP contribution in [0.1, 0.15) is 73.5 Å². The van der Waals surface area contributed by atoms with Crippen molar-refractivity contribution in [3.05, 3.63) is 34.4 Å². The molecule has 0 bridgehead atoms. The van der Waals surface area contributed by atoms with Gasteiger partial charge in [0, 0.05) is 11.5 Å². The lowest BCUT2D eigenvalue weighted by molar-refractivity contribution is 0.0945. The van der Waals surface area contributed by atoms with E-state index in [2.05, 4.69) is 39.8 Å². The fourth-order valence-corrected chi connectivity index (χ4v) is 2.67. The fourth-order valence-electron chi connectivity index (χ4n) is 2.67. The van der Waals surface area contributed by atoms with E-state index in [1.807, 2.05) is 6.92 Å². The molecule has 1 aliphatic rings. The quantitative estimate of drug-likeness (QED) is 0.740. The molecule has 1 heteroatoms. The second kappa shape index (κ2) is 4.29. The predicted molar refractivity (Wildman–Crippen MR) is 71.8 cm³/mol. The van der Waals surface area contributed by atoms with Crippen LogP contribution in [0.2, 0.25) is 0 Å². The van der Waals surface area contributed by atoms with E-state index in [9.17, 15) is 4.79 Å². The number of ketones is 1. The molecule has 0 N–H and O–H groups in total. The van der Waals surface area contributed by atoms with Crippen LogP contribution >= 0.6 is 0 Å². The van der Waals surface area contributed by atoms with Gasteiger partial charge in [-0.1, -0.05) is 46.8 Å². The van der Waals surface area contributed by atoms with Crippen LogP contribution in [-0.2, 0) is 6.42 Å². The summed E-state index contributed by atoms with van der Waals surface area (Å²) >= 11 is 0. The molecule has 1 aliphatic carbocycles. The lowest BCUT2D eigenvalue weighted by atomic mass is 9.89. The number of rotatable bonds is 2. The topological polar surface area (TPSA) is 17.1 Å². The van der Waals surface area contributed by atoms with Crippen LogP contribution in [0.3, 0.4) is 0 Å². The Hall–Kier alpha value is -1.11. The van der Waals surface area contributed by atoms with Crippen molar-refractivity contribution in [2.75, 3.05) is 0 Å². The molecule has 0 fully saturated rings. The standard InChI is InChI=1S/C16H22O/c1-9(2)12-7-13-6-11(5)16(17)15(13)14(8-12)10(3)4/h7-11H,6H2,1-5H3. The van der Waals surface area contributed by atoms with Gasteiger partial charge in [-0.2, -0.15) is 0 Å². The summed E-state index contributed by atoms with van der Waals surface area (Å²) in [4.78, 5) is 12.2. The van der Waals surface area contributed by atoms with Crippen LogP contribution in [0.25, 0.3) is 0 Å². The largest absolute Gasteiger partial charge is 0.294 e. The van der Waals surface area contributed by atoms with Crippen molar-refractivity contribution in [1.82, 2.24) is 0 Å². The number of fused-ring (bicyclic) bond motifs is 1. The summed E-state index contributed by atoms with van der Waals surface area (Å²) in [6.07, 6.45) is 0.925. The molecule has 0 heterocycles. The third-order valence-corrected chi connectivity index (χ3v) is 3.78. The summed E-state index contributed by atoms with van der Waals surface area (Å²) in [5.41, 5.74) is 4.92. The second-order valence-corrected chi connectivity index (χ2v) is 5.92. The Balaban J connectivity index is 2.62. The van der Waals surface area contributed by atoms with Crippen molar-refractivity contribution in [2.24, 2.45) is 5.92 Å². The number of hydrogen-bond acceptors (Lipinski definition) is 1. The van der Waals surface area contributed by atoms with Gasteiger partial charge in [0.05, 0.1) is 0 Å². The van der Waals surface area contributed by atoms with E-state index < -0.39 is 0 Å². The van der Waals surface area contributed by atoms with Crippen molar-refractivity contribution < 1.29 is 4.79 Å². The van der Waals surface area contributed by atoms with Gasteiger partial charge in [-0.15, -0.1) is 0 Å². The molecule has 1 aromatic rings. The molecule has 1 unspecified atom stereocenters. The zero-order valence-corrected chi connectivity index (χ0v) is 11.5. The first-order valence-corrected chi connectivity index (χ1v) is 6.62. The third kappa shape index (κ3) is 2.03. The maximum absolute atomic E-state index is 12.2. The normalized spacial score (nSPS) is 19.2. The Bertz CT molecular complexity index is 455. The molecule has 0 saturated carbocycles. The molecule has 0 aromatic heterocycles. The molecular weight excluding hydrogens is 208 g/mol. The Morgan fingerprint density at radius 3 is 2.29 bits per heavy atom. The van der Waals surface area contributed by atoms with E-state index in [1.54, 1.807) is 0 Å². The molecule has 1 aromatic carbocycles. The molecule has 17 heavy (non-hydrogen) atoms. The Kier molecular flexibility index (Phi) is 3.11. The Morgan fingerprint density at radius 2 is 1.76 bits per heavy atom. The fraction of sp³-hybridized carbons (Fsp3) is 0.562. The summed E-state index contributed by atoms with van der Waals surface area (Å²) in [5, 5.41) is 0. The summed E-state index contributed by atoms with van der Waals surface area (Å²) in [5.74, 6) is 1.48. The maximum atomic E-state index is 12.2. The second-order valence-electron chi connectivity index (χ2n) is 5.92. The van der Waals surface area contributed by atoms with Gasteiger partial charge in [0.15, 0.2) is 5.78 Å². The highest BCUT2D eigenvalue weighted by Crippen LogP contribution is 2.35. The van der Waals surface area contributed by atoms with Gasteiger partial charge < -0.3 is 0 Å². The van der Waals surface area contributed by atoms with Crippen LogP contribution in [-0.4, -0.2) is 5.78 Å². The van der Waals surface area contributed by atoms with Gasteiger partial charge in [0.2, 0.25) is 0 Å². The van der Waals surface area contributed by atoms with E-state index in [0.717, 1.165) is 12.0 Å². The van der Waals surface area contributed by atoms with Crippen LogP contribution in [0.15, 0.2) is 12.1 Å². The number of carbonyl (C=O) groups is 1. The zero-order valence-electron chi connectivity index (χ0n) is 11.5. The predicted octanol–water partition coefficient (Wildman–Crippen LogP) is 4.31. The van der Waals surface area contributed by atoms with E-state index in [4.69, 9.17) is 0 Å². The first-order chi connectivity index (χ1) is 7.91. The van der Waals surface area contributed by atoms with Crippen molar-refractivity contribution in [3.8, 4) is 0 Å². The molecule has 0 saturated heterocycles. The molecule has 0 aliphatic heterocycles. The lowest BCUT2D eigenvalue weighted by Gasteiger charge is -2.15. The summed E-state index contributed by atoms with van der Waals surface area (Å²) in [6, 6.07) is 4.48. The first-order valence-electron chi connectivity index (χ1n) is 6.62. The first kappa shape index (κ1) is 12.3. The van der Waals surface area contributed by atoms with E-state index >= 15 is 0 Å². The van der Waals surface area contributed by atoms with Gasteiger partial charge in [-0.05, 0) is 34.9 Å². The van der Waals surface area contributed by atoms with Crippen LogP contribution in [0.4, 0.5) is 0 Å². The van der Waals surface area contributed by atoms with Crippen LogP contribution < -0.4 is 0 Å². The highest BCUT2D eigenvalue weighted by Gasteiger charge is 2.30. The van der Waals surface area contributed by atoms with Gasteiger partial charge in [-0.25, -0.2) is 0 Å². The number of hydrogen-bond donors (Lipinski definition) is 0. The molecule has 0 radical (unpaired) electrons.